The lowest BCUT2D eigenvalue weighted by Crippen LogP contribution is -2.32. The van der Waals surface area contributed by atoms with Gasteiger partial charge < -0.3 is 14.8 Å². The number of halogens is 2. The molecule has 3 aromatic carbocycles. The third kappa shape index (κ3) is 6.55. The van der Waals surface area contributed by atoms with E-state index in [1.54, 1.807) is 25.1 Å². The molecule has 0 saturated carbocycles. The highest BCUT2D eigenvalue weighted by atomic mass is 35.5. The predicted molar refractivity (Wildman–Crippen MR) is 129 cm³/mol. The fourth-order valence-corrected chi connectivity index (χ4v) is 3.05. The summed E-state index contributed by atoms with van der Waals surface area (Å²) in [6, 6.07) is 16.8. The van der Waals surface area contributed by atoms with Crippen LogP contribution in [-0.2, 0) is 16.2 Å². The number of nitrogens with one attached hydrogen (secondary N) is 2. The second kappa shape index (κ2) is 11.3. The average molecular weight is 484 g/mol. The fourth-order valence-electron chi connectivity index (χ4n) is 2.87. The Labute approximate surface area is 201 Å². The second-order valence-corrected chi connectivity index (χ2v) is 7.77. The van der Waals surface area contributed by atoms with Crippen LogP contribution in [0.3, 0.4) is 0 Å². The molecule has 0 unspecified atom stereocenters. The molecule has 7 nitrogen and oxygen atoms in total. The molecule has 0 aromatic heterocycles. The van der Waals surface area contributed by atoms with Gasteiger partial charge in [-0.05, 0) is 55.8 Å². The molecule has 0 bridgehead atoms. The van der Waals surface area contributed by atoms with Crippen LogP contribution in [0.15, 0.2) is 65.8 Å². The predicted octanol–water partition coefficient (Wildman–Crippen LogP) is 4.85. The minimum atomic E-state index is -0.996. The lowest BCUT2D eigenvalue weighted by Gasteiger charge is -2.12. The first-order valence-electron chi connectivity index (χ1n) is 10.2. The van der Waals surface area contributed by atoms with Gasteiger partial charge in [-0.3, -0.25) is 9.59 Å². The summed E-state index contributed by atoms with van der Waals surface area (Å²) in [7, 11) is 1.53. The number of carbonyl (C=O) groups is 2. The van der Waals surface area contributed by atoms with Crippen molar-refractivity contribution >= 4 is 34.8 Å². The van der Waals surface area contributed by atoms with Crippen molar-refractivity contribution in [2.45, 2.75) is 20.5 Å². The van der Waals surface area contributed by atoms with E-state index < -0.39 is 17.6 Å². The summed E-state index contributed by atoms with van der Waals surface area (Å²) in [6.07, 6.45) is 0. The zero-order chi connectivity index (χ0) is 24.7. The number of aryl methyl sites for hydroxylation is 1. The molecule has 0 aliphatic rings. The maximum atomic E-state index is 13.2. The van der Waals surface area contributed by atoms with Gasteiger partial charge in [0.15, 0.2) is 11.5 Å². The summed E-state index contributed by atoms with van der Waals surface area (Å²) in [5.74, 6) is -1.55. The van der Waals surface area contributed by atoms with Crippen LogP contribution in [0.5, 0.6) is 11.5 Å². The normalized spacial score (nSPS) is 11.0. The lowest BCUT2D eigenvalue weighted by molar-refractivity contribution is -0.136. The Kier molecular flexibility index (Phi) is 8.21. The van der Waals surface area contributed by atoms with Crippen LogP contribution in [0.1, 0.15) is 23.6 Å². The largest absolute Gasteiger partial charge is 0.493 e. The number of amides is 2. The van der Waals surface area contributed by atoms with E-state index in [1.807, 2.05) is 31.2 Å². The van der Waals surface area contributed by atoms with E-state index in [0.29, 0.717) is 29.4 Å². The van der Waals surface area contributed by atoms with E-state index in [4.69, 9.17) is 21.1 Å². The highest BCUT2D eigenvalue weighted by Gasteiger charge is 2.15. The molecular weight excluding hydrogens is 461 g/mol. The quantitative estimate of drug-likeness (QED) is 0.285. The summed E-state index contributed by atoms with van der Waals surface area (Å²) < 4.78 is 24.5. The SMILES string of the molecule is COc1cc(/C(C)=N/NC(=O)C(=O)Nc2ccc(F)c(Cl)c2)ccc1OCc1ccc(C)cc1. The van der Waals surface area contributed by atoms with Crippen LogP contribution in [0.25, 0.3) is 0 Å². The van der Waals surface area contributed by atoms with Crippen molar-refractivity contribution in [1.29, 1.82) is 0 Å². The summed E-state index contributed by atoms with van der Waals surface area (Å²) >= 11 is 5.67. The summed E-state index contributed by atoms with van der Waals surface area (Å²) in [5, 5.41) is 6.12. The molecule has 0 heterocycles. The zero-order valence-electron chi connectivity index (χ0n) is 18.8. The maximum Gasteiger partial charge on any atom is 0.329 e. The topological polar surface area (TPSA) is 89.0 Å². The molecular formula is C25H23ClFN3O4. The van der Waals surface area contributed by atoms with Gasteiger partial charge in [-0.1, -0.05) is 41.4 Å². The molecule has 0 radical (unpaired) electrons. The Morgan fingerprint density at radius 1 is 1.00 bits per heavy atom. The molecule has 0 fully saturated rings. The number of hydrogen-bond donors (Lipinski definition) is 2. The molecule has 0 saturated heterocycles. The average Bonchev–Trinajstić information content (AvgIpc) is 2.84. The zero-order valence-corrected chi connectivity index (χ0v) is 19.6. The van der Waals surface area contributed by atoms with Gasteiger partial charge in [-0.15, -0.1) is 0 Å². The third-order valence-corrected chi connectivity index (χ3v) is 5.09. The minimum absolute atomic E-state index is 0.174. The minimum Gasteiger partial charge on any atom is -0.493 e. The molecule has 34 heavy (non-hydrogen) atoms. The molecule has 2 amide bonds. The number of rotatable bonds is 7. The molecule has 0 aliphatic carbocycles. The van der Waals surface area contributed by atoms with Gasteiger partial charge in [0.05, 0.1) is 17.8 Å². The number of anilines is 1. The molecule has 0 aliphatic heterocycles. The Bertz CT molecular complexity index is 1230. The molecule has 2 N–H and O–H groups in total. The lowest BCUT2D eigenvalue weighted by atomic mass is 10.1. The van der Waals surface area contributed by atoms with E-state index in [0.717, 1.165) is 11.6 Å². The first kappa shape index (κ1) is 24.7. The Morgan fingerprint density at radius 3 is 2.41 bits per heavy atom. The van der Waals surface area contributed by atoms with Crippen LogP contribution >= 0.6 is 11.6 Å². The smallest absolute Gasteiger partial charge is 0.329 e. The van der Waals surface area contributed by atoms with Crippen molar-refractivity contribution in [2.75, 3.05) is 12.4 Å². The van der Waals surface area contributed by atoms with Gasteiger partial charge in [0, 0.05) is 11.3 Å². The number of benzene rings is 3. The van der Waals surface area contributed by atoms with E-state index >= 15 is 0 Å². The van der Waals surface area contributed by atoms with Crippen molar-refractivity contribution < 1.29 is 23.5 Å². The van der Waals surface area contributed by atoms with Gasteiger partial charge >= 0.3 is 11.8 Å². The number of hydrazone groups is 1. The highest BCUT2D eigenvalue weighted by molar-refractivity contribution is 6.40. The molecule has 176 valence electrons. The second-order valence-electron chi connectivity index (χ2n) is 7.36. The molecule has 0 spiro atoms. The highest BCUT2D eigenvalue weighted by Crippen LogP contribution is 2.29. The summed E-state index contributed by atoms with van der Waals surface area (Å²) in [4.78, 5) is 24.1. The van der Waals surface area contributed by atoms with Crippen LogP contribution in [0.2, 0.25) is 5.02 Å². The van der Waals surface area contributed by atoms with Crippen molar-refractivity contribution in [2.24, 2.45) is 5.10 Å². The van der Waals surface area contributed by atoms with Crippen molar-refractivity contribution in [3.05, 3.63) is 88.2 Å². The third-order valence-electron chi connectivity index (χ3n) is 4.81. The number of nitrogens with zero attached hydrogens (tertiary/aromatic N) is 1. The standard InChI is InChI=1S/C25H23ClFN3O4/c1-15-4-6-17(7-5-15)14-34-22-11-8-18(12-23(22)33-3)16(2)29-30-25(32)24(31)28-19-9-10-21(27)20(26)13-19/h4-13H,14H2,1-3H3,(H,28,31)(H,30,32)/b29-16+. The summed E-state index contributed by atoms with van der Waals surface area (Å²) in [6.45, 7) is 4.07. The van der Waals surface area contributed by atoms with Crippen molar-refractivity contribution in [3.63, 3.8) is 0 Å². The molecule has 3 rings (SSSR count). The first-order chi connectivity index (χ1) is 16.3. The molecule has 3 aromatic rings. The Balaban J connectivity index is 1.62. The van der Waals surface area contributed by atoms with Crippen molar-refractivity contribution in [1.82, 2.24) is 5.43 Å². The number of methoxy groups -OCH3 is 1. The van der Waals surface area contributed by atoms with E-state index in [1.165, 1.54) is 24.8 Å². The van der Waals surface area contributed by atoms with Gasteiger partial charge in [0.1, 0.15) is 12.4 Å². The van der Waals surface area contributed by atoms with Gasteiger partial charge in [-0.2, -0.15) is 5.10 Å². The monoisotopic (exact) mass is 483 g/mol. The maximum absolute atomic E-state index is 13.2. The van der Waals surface area contributed by atoms with E-state index in [2.05, 4.69) is 15.8 Å². The molecule has 0 atom stereocenters. The van der Waals surface area contributed by atoms with Crippen LogP contribution in [0, 0.1) is 12.7 Å². The molecule has 9 heteroatoms. The summed E-state index contributed by atoms with van der Waals surface area (Å²) in [5.41, 5.74) is 5.66. The van der Waals surface area contributed by atoms with Crippen LogP contribution < -0.4 is 20.2 Å². The Hall–Kier alpha value is -3.91. The first-order valence-corrected chi connectivity index (χ1v) is 10.6. The van der Waals surface area contributed by atoms with E-state index in [-0.39, 0.29) is 10.7 Å². The van der Waals surface area contributed by atoms with Gasteiger partial charge in [0.2, 0.25) is 0 Å². The van der Waals surface area contributed by atoms with Gasteiger partial charge in [-0.25, -0.2) is 9.82 Å². The fraction of sp³-hybridized carbons (Fsp3) is 0.160. The van der Waals surface area contributed by atoms with Crippen LogP contribution in [0.4, 0.5) is 10.1 Å². The number of carbonyl (C=O) groups excluding carboxylic acids is 2. The Morgan fingerprint density at radius 2 is 1.74 bits per heavy atom. The number of ether oxygens (including phenoxy) is 2. The van der Waals surface area contributed by atoms with E-state index in [9.17, 15) is 14.0 Å². The van der Waals surface area contributed by atoms with Gasteiger partial charge in [0.25, 0.3) is 0 Å². The number of hydrogen-bond acceptors (Lipinski definition) is 5. The van der Waals surface area contributed by atoms with Crippen LogP contribution in [-0.4, -0.2) is 24.6 Å². The van der Waals surface area contributed by atoms with Crippen molar-refractivity contribution in [3.8, 4) is 11.5 Å².